The van der Waals surface area contributed by atoms with Gasteiger partial charge >= 0.3 is 0 Å². The standard InChI is InChI=1S/C15H17N5O2S2/c1-8-7-23-15(18-8)12-6-17-14-11(2-3-16-14)13(12)19-9-4-10(5-9)20-24(21)22/h2-3,6-7,9-10,20H,4-5H2,1H3,(H,21,22)(H2,16,17,19). The summed E-state index contributed by atoms with van der Waals surface area (Å²) >= 11 is -0.351. The van der Waals surface area contributed by atoms with Crippen molar-refractivity contribution >= 4 is 39.3 Å². The topological polar surface area (TPSA) is 103 Å². The van der Waals surface area contributed by atoms with Gasteiger partial charge in [0.2, 0.25) is 11.3 Å². The Balaban J connectivity index is 1.63. The number of nitrogens with one attached hydrogen (secondary N) is 3. The Labute approximate surface area is 145 Å². The maximum Gasteiger partial charge on any atom is 0.231 e. The van der Waals surface area contributed by atoms with Crippen molar-refractivity contribution in [2.75, 3.05) is 5.32 Å². The number of hydrogen-bond acceptors (Lipinski definition) is 5. The third-order valence-electron chi connectivity index (χ3n) is 4.19. The average Bonchev–Trinajstić information content (AvgIpc) is 3.13. The number of aromatic amines is 1. The first kappa shape index (κ1) is 15.7. The van der Waals surface area contributed by atoms with Crippen LogP contribution in [0.4, 0.5) is 5.69 Å². The largest absolute Gasteiger partial charge is 0.381 e. The molecule has 0 amide bonds. The molecule has 24 heavy (non-hydrogen) atoms. The molecule has 4 rings (SSSR count). The van der Waals surface area contributed by atoms with Crippen molar-refractivity contribution in [1.29, 1.82) is 0 Å². The minimum atomic E-state index is -1.95. The minimum absolute atomic E-state index is 0.0717. The van der Waals surface area contributed by atoms with Gasteiger partial charge < -0.3 is 10.3 Å². The van der Waals surface area contributed by atoms with Crippen molar-refractivity contribution < 1.29 is 8.76 Å². The molecule has 1 atom stereocenters. The van der Waals surface area contributed by atoms with E-state index in [9.17, 15) is 4.21 Å². The van der Waals surface area contributed by atoms with Crippen LogP contribution in [-0.2, 0) is 11.3 Å². The molecule has 7 nitrogen and oxygen atoms in total. The number of rotatable bonds is 5. The number of pyridine rings is 1. The summed E-state index contributed by atoms with van der Waals surface area (Å²) in [5, 5.41) is 7.57. The Morgan fingerprint density at radius 3 is 2.96 bits per heavy atom. The number of nitrogens with zero attached hydrogens (tertiary/aromatic N) is 2. The van der Waals surface area contributed by atoms with Crippen LogP contribution in [0.25, 0.3) is 21.6 Å². The lowest BCUT2D eigenvalue weighted by molar-refractivity contribution is 0.344. The predicted molar refractivity (Wildman–Crippen MR) is 96.3 cm³/mol. The highest BCUT2D eigenvalue weighted by atomic mass is 32.2. The van der Waals surface area contributed by atoms with Crippen molar-refractivity contribution in [3.8, 4) is 10.6 Å². The van der Waals surface area contributed by atoms with Gasteiger partial charge in [-0.3, -0.25) is 4.55 Å². The second kappa shape index (κ2) is 6.25. The van der Waals surface area contributed by atoms with Crippen LogP contribution in [0.15, 0.2) is 23.8 Å². The van der Waals surface area contributed by atoms with Crippen LogP contribution in [0.2, 0.25) is 0 Å². The average molecular weight is 363 g/mol. The molecular formula is C15H17N5O2S2. The molecule has 3 heterocycles. The van der Waals surface area contributed by atoms with Gasteiger partial charge in [-0.05, 0) is 25.8 Å². The van der Waals surface area contributed by atoms with Gasteiger partial charge in [0.15, 0.2) is 0 Å². The summed E-state index contributed by atoms with van der Waals surface area (Å²) in [6, 6.07) is 2.33. The number of fused-ring (bicyclic) bond motifs is 1. The van der Waals surface area contributed by atoms with Crippen LogP contribution in [0.3, 0.4) is 0 Å². The monoisotopic (exact) mass is 363 g/mol. The van der Waals surface area contributed by atoms with E-state index in [4.69, 9.17) is 4.55 Å². The van der Waals surface area contributed by atoms with Crippen LogP contribution in [0, 0.1) is 6.92 Å². The summed E-state index contributed by atoms with van der Waals surface area (Å²) in [5.41, 5.74) is 3.83. The van der Waals surface area contributed by atoms with Gasteiger partial charge in [-0.1, -0.05) is 0 Å². The van der Waals surface area contributed by atoms with Crippen molar-refractivity contribution in [2.24, 2.45) is 0 Å². The Bertz CT molecular complexity index is 900. The Hall–Kier alpha value is -1.81. The van der Waals surface area contributed by atoms with Crippen LogP contribution in [0.1, 0.15) is 18.5 Å². The van der Waals surface area contributed by atoms with Gasteiger partial charge in [0, 0.05) is 40.9 Å². The number of anilines is 1. The molecule has 1 aliphatic carbocycles. The quantitative estimate of drug-likeness (QED) is 0.522. The number of aromatic nitrogens is 3. The highest BCUT2D eigenvalue weighted by Crippen LogP contribution is 2.37. The zero-order valence-corrected chi connectivity index (χ0v) is 14.6. The zero-order chi connectivity index (χ0) is 16.7. The third-order valence-corrected chi connectivity index (χ3v) is 5.72. The normalized spacial score (nSPS) is 21.6. The van der Waals surface area contributed by atoms with E-state index in [-0.39, 0.29) is 12.1 Å². The lowest BCUT2D eigenvalue weighted by Gasteiger charge is -2.36. The van der Waals surface area contributed by atoms with Crippen LogP contribution >= 0.6 is 11.3 Å². The second-order valence-electron chi connectivity index (χ2n) is 5.96. The predicted octanol–water partition coefficient (Wildman–Crippen LogP) is 2.66. The Morgan fingerprint density at radius 1 is 1.42 bits per heavy atom. The molecule has 9 heteroatoms. The van der Waals surface area contributed by atoms with Crippen molar-refractivity contribution in [3.63, 3.8) is 0 Å². The van der Waals surface area contributed by atoms with Crippen molar-refractivity contribution in [2.45, 2.75) is 31.8 Å². The molecule has 0 saturated heterocycles. The molecule has 0 radical (unpaired) electrons. The molecule has 1 unspecified atom stereocenters. The van der Waals surface area contributed by atoms with E-state index in [0.717, 1.165) is 45.8 Å². The number of hydrogen-bond donors (Lipinski definition) is 4. The molecule has 0 spiro atoms. The minimum Gasteiger partial charge on any atom is -0.381 e. The van der Waals surface area contributed by atoms with Crippen LogP contribution in [0.5, 0.6) is 0 Å². The molecular weight excluding hydrogens is 346 g/mol. The lowest BCUT2D eigenvalue weighted by Crippen LogP contribution is -2.48. The van der Waals surface area contributed by atoms with Gasteiger partial charge in [-0.15, -0.1) is 11.3 Å². The molecule has 1 fully saturated rings. The first-order chi connectivity index (χ1) is 11.6. The van der Waals surface area contributed by atoms with E-state index in [1.807, 2.05) is 30.8 Å². The van der Waals surface area contributed by atoms with Gasteiger partial charge in [0.25, 0.3) is 0 Å². The van der Waals surface area contributed by atoms with Crippen LogP contribution in [-0.4, -0.2) is 35.8 Å². The maximum absolute atomic E-state index is 10.8. The fraction of sp³-hybridized carbons (Fsp3) is 0.333. The first-order valence-electron chi connectivity index (χ1n) is 7.62. The lowest BCUT2D eigenvalue weighted by atomic mass is 9.87. The zero-order valence-electron chi connectivity index (χ0n) is 12.9. The smallest absolute Gasteiger partial charge is 0.231 e. The fourth-order valence-electron chi connectivity index (χ4n) is 2.98. The van der Waals surface area contributed by atoms with E-state index >= 15 is 0 Å². The van der Waals surface area contributed by atoms with Gasteiger partial charge in [-0.25, -0.2) is 18.9 Å². The highest BCUT2D eigenvalue weighted by molar-refractivity contribution is 7.77. The maximum atomic E-state index is 10.8. The van der Waals surface area contributed by atoms with E-state index in [1.54, 1.807) is 11.3 Å². The molecule has 0 aliphatic heterocycles. The fourth-order valence-corrected chi connectivity index (χ4v) is 4.27. The number of thiazole rings is 1. The van der Waals surface area contributed by atoms with Gasteiger partial charge in [0.1, 0.15) is 10.7 Å². The summed E-state index contributed by atoms with van der Waals surface area (Å²) < 4.78 is 22.3. The SMILES string of the molecule is Cc1csc(-c2cnc3[nH]ccc3c2NC2CC(NS(=O)O)C2)n1. The molecule has 126 valence electrons. The first-order valence-corrected chi connectivity index (χ1v) is 9.61. The van der Waals surface area contributed by atoms with E-state index in [2.05, 4.69) is 25.0 Å². The summed E-state index contributed by atoms with van der Waals surface area (Å²) in [5.74, 6) is 0. The second-order valence-corrected chi connectivity index (χ2v) is 7.55. The molecule has 4 N–H and O–H groups in total. The van der Waals surface area contributed by atoms with E-state index < -0.39 is 11.3 Å². The Kier molecular flexibility index (Phi) is 4.09. The third kappa shape index (κ3) is 2.95. The number of H-pyrrole nitrogens is 1. The van der Waals surface area contributed by atoms with E-state index in [0.29, 0.717) is 0 Å². The molecule has 3 aromatic heterocycles. The molecule has 0 aromatic carbocycles. The molecule has 0 bridgehead atoms. The van der Waals surface area contributed by atoms with Crippen LogP contribution < -0.4 is 10.0 Å². The summed E-state index contributed by atoms with van der Waals surface area (Å²) in [4.78, 5) is 12.2. The summed E-state index contributed by atoms with van der Waals surface area (Å²) in [6.45, 7) is 1.98. The summed E-state index contributed by atoms with van der Waals surface area (Å²) in [7, 11) is 0. The van der Waals surface area contributed by atoms with E-state index in [1.165, 1.54) is 0 Å². The molecule has 1 saturated carbocycles. The Morgan fingerprint density at radius 2 is 2.25 bits per heavy atom. The number of aryl methyl sites for hydroxylation is 1. The highest BCUT2D eigenvalue weighted by Gasteiger charge is 2.31. The van der Waals surface area contributed by atoms with Crippen molar-refractivity contribution in [3.05, 3.63) is 29.5 Å². The van der Waals surface area contributed by atoms with Gasteiger partial charge in [0.05, 0.1) is 11.3 Å². The van der Waals surface area contributed by atoms with Crippen molar-refractivity contribution in [1.82, 2.24) is 19.7 Å². The molecule has 1 aliphatic rings. The van der Waals surface area contributed by atoms with Gasteiger partial charge in [-0.2, -0.15) is 0 Å². The molecule has 3 aromatic rings. The summed E-state index contributed by atoms with van der Waals surface area (Å²) in [6.07, 6.45) is 5.32.